The zero-order valence-electron chi connectivity index (χ0n) is 15.5. The number of rotatable bonds is 6. The summed E-state index contributed by atoms with van der Waals surface area (Å²) in [6, 6.07) is 11.6. The lowest BCUT2D eigenvalue weighted by Crippen LogP contribution is -2.19. The third-order valence-corrected chi connectivity index (χ3v) is 5.52. The monoisotopic (exact) mass is 506 g/mol. The van der Waals surface area contributed by atoms with E-state index in [2.05, 4.69) is 39.5 Å². The molecule has 0 aromatic heterocycles. The molecule has 0 radical (unpaired) electrons. The zero-order chi connectivity index (χ0) is 20.1. The molecule has 2 aromatic carbocycles. The largest absolute Gasteiger partial charge is 0.493 e. The smallest absolute Gasteiger partial charge is 0.264 e. The number of thioether (sulfide) groups is 1. The number of benzene rings is 2. The van der Waals surface area contributed by atoms with Crippen LogP contribution in [0.2, 0.25) is 0 Å². The van der Waals surface area contributed by atoms with Gasteiger partial charge in [-0.3, -0.25) is 4.79 Å². The number of aryl methyl sites for hydroxylation is 1. The van der Waals surface area contributed by atoms with Crippen LogP contribution in [0.15, 0.2) is 59.0 Å². The highest BCUT2D eigenvalue weighted by molar-refractivity contribution is 14.1. The molecule has 0 atom stereocenters. The van der Waals surface area contributed by atoms with E-state index in [0.717, 1.165) is 20.4 Å². The Morgan fingerprint density at radius 1 is 1.29 bits per heavy atom. The maximum atomic E-state index is 12.3. The van der Waals surface area contributed by atoms with Crippen LogP contribution in [0.1, 0.15) is 11.1 Å². The van der Waals surface area contributed by atoms with Gasteiger partial charge in [0, 0.05) is 0 Å². The summed E-state index contributed by atoms with van der Waals surface area (Å²) in [6.07, 6.45) is 3.50. The molecule has 1 saturated heterocycles. The Balaban J connectivity index is 1.85. The number of halogens is 1. The van der Waals surface area contributed by atoms with Crippen molar-refractivity contribution in [3.8, 4) is 11.5 Å². The zero-order valence-corrected chi connectivity index (χ0v) is 18.5. The molecule has 0 unspecified atom stereocenters. The van der Waals surface area contributed by atoms with E-state index in [1.54, 1.807) is 13.2 Å². The number of amides is 1. The Hall–Kier alpha value is -2.26. The highest BCUT2D eigenvalue weighted by Crippen LogP contribution is 2.36. The Kier molecular flexibility index (Phi) is 6.79. The van der Waals surface area contributed by atoms with Crippen molar-refractivity contribution in [1.29, 1.82) is 0 Å². The van der Waals surface area contributed by atoms with Gasteiger partial charge in [-0.1, -0.05) is 30.4 Å². The van der Waals surface area contributed by atoms with Crippen LogP contribution in [-0.4, -0.2) is 24.8 Å². The molecule has 144 valence electrons. The average molecular weight is 506 g/mol. The van der Waals surface area contributed by atoms with Gasteiger partial charge in [-0.05, 0) is 77.2 Å². The number of aliphatic imine (C=N–C) groups is 1. The lowest BCUT2D eigenvalue weighted by atomic mass is 10.2. The number of hydrogen-bond acceptors (Lipinski definition) is 5. The Morgan fingerprint density at radius 2 is 2.04 bits per heavy atom. The third-order valence-electron chi connectivity index (χ3n) is 3.81. The van der Waals surface area contributed by atoms with Crippen molar-refractivity contribution >= 4 is 57.2 Å². The van der Waals surface area contributed by atoms with E-state index in [-0.39, 0.29) is 5.91 Å². The molecule has 2 aromatic rings. The van der Waals surface area contributed by atoms with Gasteiger partial charge >= 0.3 is 0 Å². The predicted molar refractivity (Wildman–Crippen MR) is 123 cm³/mol. The van der Waals surface area contributed by atoms with Gasteiger partial charge in [0.05, 0.1) is 21.3 Å². The van der Waals surface area contributed by atoms with Gasteiger partial charge in [-0.25, -0.2) is 4.99 Å². The van der Waals surface area contributed by atoms with Crippen molar-refractivity contribution in [2.45, 2.75) is 6.92 Å². The van der Waals surface area contributed by atoms with E-state index in [1.165, 1.54) is 11.8 Å². The minimum absolute atomic E-state index is 0.170. The van der Waals surface area contributed by atoms with Crippen LogP contribution in [-0.2, 0) is 4.79 Å². The second-order valence-corrected chi connectivity index (χ2v) is 8.14. The Morgan fingerprint density at radius 3 is 2.71 bits per heavy atom. The van der Waals surface area contributed by atoms with Gasteiger partial charge < -0.3 is 14.8 Å². The molecule has 28 heavy (non-hydrogen) atoms. The van der Waals surface area contributed by atoms with E-state index in [4.69, 9.17) is 9.47 Å². The standard InChI is InChI=1S/C21H19IN2O3S/c1-4-9-27-19-16(22)10-14(11-17(19)26-3)12-18-20(25)24-21(28-18)23-15-7-5-13(2)6-8-15/h4-8,10-12H,1,9H2,2-3H3,(H,23,24,25)/b18-12-. The van der Waals surface area contributed by atoms with Crippen molar-refractivity contribution < 1.29 is 14.3 Å². The number of hydrogen-bond donors (Lipinski definition) is 1. The highest BCUT2D eigenvalue weighted by atomic mass is 127. The van der Waals surface area contributed by atoms with E-state index in [9.17, 15) is 4.79 Å². The molecule has 1 aliphatic heterocycles. The van der Waals surface area contributed by atoms with Crippen LogP contribution >= 0.6 is 34.4 Å². The van der Waals surface area contributed by atoms with Crippen LogP contribution in [0.5, 0.6) is 11.5 Å². The van der Waals surface area contributed by atoms with Crippen LogP contribution in [0.3, 0.4) is 0 Å². The lowest BCUT2D eigenvalue weighted by molar-refractivity contribution is -0.115. The first-order chi connectivity index (χ1) is 13.5. The summed E-state index contributed by atoms with van der Waals surface area (Å²) < 4.78 is 12.0. The molecule has 0 spiro atoms. The number of carbonyl (C=O) groups excluding carboxylic acids is 1. The summed E-state index contributed by atoms with van der Waals surface area (Å²) in [5.41, 5.74) is 2.81. The fourth-order valence-corrected chi connectivity index (χ4v) is 4.10. The van der Waals surface area contributed by atoms with Gasteiger partial charge in [0.2, 0.25) is 0 Å². The summed E-state index contributed by atoms with van der Waals surface area (Å²) in [4.78, 5) is 17.4. The number of methoxy groups -OCH3 is 1. The van der Waals surface area contributed by atoms with Crippen molar-refractivity contribution in [3.63, 3.8) is 0 Å². The minimum atomic E-state index is -0.170. The Bertz CT molecular complexity index is 968. The second kappa shape index (κ2) is 9.29. The van der Waals surface area contributed by atoms with Gasteiger partial charge in [0.25, 0.3) is 5.91 Å². The van der Waals surface area contributed by atoms with Crippen molar-refractivity contribution in [2.24, 2.45) is 4.99 Å². The van der Waals surface area contributed by atoms with Gasteiger partial charge in [-0.15, -0.1) is 0 Å². The average Bonchev–Trinajstić information content (AvgIpc) is 3.01. The molecule has 7 heteroatoms. The molecular weight excluding hydrogens is 487 g/mol. The summed E-state index contributed by atoms with van der Waals surface area (Å²) in [7, 11) is 1.59. The number of carbonyl (C=O) groups is 1. The van der Waals surface area contributed by atoms with Crippen LogP contribution in [0.25, 0.3) is 6.08 Å². The van der Waals surface area contributed by atoms with Crippen LogP contribution in [0, 0.1) is 10.5 Å². The molecule has 1 amide bonds. The van der Waals surface area contributed by atoms with Gasteiger partial charge in [0.1, 0.15) is 6.61 Å². The van der Waals surface area contributed by atoms with Crippen LogP contribution in [0.4, 0.5) is 5.69 Å². The van der Waals surface area contributed by atoms with Gasteiger partial charge in [0.15, 0.2) is 16.7 Å². The minimum Gasteiger partial charge on any atom is -0.493 e. The third kappa shape index (κ3) is 4.96. The number of ether oxygens (including phenoxy) is 2. The first kappa shape index (κ1) is 20.5. The molecule has 1 heterocycles. The number of nitrogens with one attached hydrogen (secondary N) is 1. The van der Waals surface area contributed by atoms with Crippen molar-refractivity contribution in [2.75, 3.05) is 13.7 Å². The number of nitrogens with zero attached hydrogens (tertiary/aromatic N) is 1. The van der Waals surface area contributed by atoms with E-state index in [1.807, 2.05) is 49.4 Å². The molecule has 0 aliphatic carbocycles. The molecule has 1 aliphatic rings. The molecule has 1 fully saturated rings. The fraction of sp³-hybridized carbons (Fsp3) is 0.143. The summed E-state index contributed by atoms with van der Waals surface area (Å²) in [6.45, 7) is 6.07. The highest BCUT2D eigenvalue weighted by Gasteiger charge is 2.24. The number of amidine groups is 1. The van der Waals surface area contributed by atoms with E-state index in [0.29, 0.717) is 28.2 Å². The first-order valence-electron chi connectivity index (χ1n) is 8.47. The molecule has 1 N–H and O–H groups in total. The molecular formula is C21H19IN2O3S. The maximum absolute atomic E-state index is 12.3. The lowest BCUT2D eigenvalue weighted by Gasteiger charge is -2.12. The maximum Gasteiger partial charge on any atom is 0.264 e. The van der Waals surface area contributed by atoms with Crippen LogP contribution < -0.4 is 14.8 Å². The fourth-order valence-electron chi connectivity index (χ4n) is 2.47. The Labute approximate surface area is 182 Å². The molecule has 3 rings (SSSR count). The van der Waals surface area contributed by atoms with E-state index < -0.39 is 0 Å². The summed E-state index contributed by atoms with van der Waals surface area (Å²) >= 11 is 3.50. The summed E-state index contributed by atoms with van der Waals surface area (Å²) in [5, 5.41) is 3.37. The normalized spacial score (nSPS) is 16.3. The van der Waals surface area contributed by atoms with Gasteiger partial charge in [-0.2, -0.15) is 0 Å². The van der Waals surface area contributed by atoms with Crippen molar-refractivity contribution in [1.82, 2.24) is 5.32 Å². The predicted octanol–water partition coefficient (Wildman–Crippen LogP) is 5.06. The quantitative estimate of drug-likeness (QED) is 0.338. The van der Waals surface area contributed by atoms with Crippen molar-refractivity contribution in [3.05, 3.63) is 68.7 Å². The molecule has 5 nitrogen and oxygen atoms in total. The molecule has 0 bridgehead atoms. The summed E-state index contributed by atoms with van der Waals surface area (Å²) in [5.74, 6) is 1.10. The second-order valence-electron chi connectivity index (χ2n) is 5.95. The molecule has 0 saturated carbocycles. The topological polar surface area (TPSA) is 59.9 Å². The van der Waals surface area contributed by atoms with E-state index >= 15 is 0 Å². The SMILES string of the molecule is C=CCOc1c(I)cc(/C=C2\SC(=Nc3ccc(C)cc3)NC2=O)cc1OC. The first-order valence-corrected chi connectivity index (χ1v) is 10.4.